The van der Waals surface area contributed by atoms with E-state index in [2.05, 4.69) is 39.9 Å². The van der Waals surface area contributed by atoms with Crippen molar-refractivity contribution in [1.29, 1.82) is 0 Å². The zero-order chi connectivity index (χ0) is 37.5. The molecule has 0 aliphatic carbocycles. The van der Waals surface area contributed by atoms with Gasteiger partial charge in [0.25, 0.3) is 0 Å². The number of para-hydroxylation sites is 2. The Morgan fingerprint density at radius 2 is 1.50 bits per heavy atom. The number of amides is 2. The molecular weight excluding hydrogens is 697 g/mol. The lowest BCUT2D eigenvalue weighted by Gasteiger charge is -2.36. The number of nitrogens with one attached hydrogen (secondary N) is 2. The monoisotopic (exact) mass is 744 g/mol. The van der Waals surface area contributed by atoms with Gasteiger partial charge >= 0.3 is 0 Å². The number of rotatable bonds is 17. The van der Waals surface area contributed by atoms with Crippen LogP contribution in [0.15, 0.2) is 126 Å². The third-order valence-electron chi connectivity index (χ3n) is 9.37. The number of aliphatic hydroxyl groups is 1. The summed E-state index contributed by atoms with van der Waals surface area (Å²) < 4.78 is 13.2. The molecule has 0 saturated carbocycles. The van der Waals surface area contributed by atoms with Crippen LogP contribution < -0.4 is 16.4 Å². The van der Waals surface area contributed by atoms with Crippen molar-refractivity contribution in [3.8, 4) is 11.1 Å². The largest absolute Gasteiger partial charge is 0.397 e. The summed E-state index contributed by atoms with van der Waals surface area (Å²) in [5.74, 6) is 0.702. The lowest BCUT2D eigenvalue weighted by Crippen LogP contribution is -2.31. The molecule has 1 aliphatic rings. The number of nitrogen functional groups attached to an aromatic ring is 1. The van der Waals surface area contributed by atoms with Crippen LogP contribution in [-0.4, -0.2) is 33.8 Å². The number of hydrogen-bond donors (Lipinski definition) is 4. The van der Waals surface area contributed by atoms with Crippen molar-refractivity contribution in [1.82, 2.24) is 10.3 Å². The van der Waals surface area contributed by atoms with E-state index >= 15 is 0 Å². The summed E-state index contributed by atoms with van der Waals surface area (Å²) in [6.45, 7) is 0.439. The second-order valence-electron chi connectivity index (χ2n) is 13.5. The second-order valence-corrected chi connectivity index (χ2v) is 14.5. The van der Waals surface area contributed by atoms with Crippen LogP contribution in [0.25, 0.3) is 11.1 Å². The van der Waals surface area contributed by atoms with Gasteiger partial charge in [-0.3, -0.25) is 9.59 Å². The fourth-order valence-corrected chi connectivity index (χ4v) is 7.28. The molecule has 280 valence electrons. The molecule has 0 spiro atoms. The van der Waals surface area contributed by atoms with Crippen LogP contribution >= 0.6 is 11.8 Å². The highest BCUT2D eigenvalue weighted by molar-refractivity contribution is 7.99. The Labute approximate surface area is 321 Å². The van der Waals surface area contributed by atoms with Gasteiger partial charge in [-0.25, -0.2) is 4.98 Å². The second kappa shape index (κ2) is 19.9. The molecule has 0 unspecified atom stereocenters. The number of carbonyl (C=O) groups is 2. The average molecular weight is 745 g/mol. The molecule has 5 N–H and O–H groups in total. The van der Waals surface area contributed by atoms with E-state index in [1.807, 2.05) is 78.9 Å². The molecule has 54 heavy (non-hydrogen) atoms. The zero-order valence-electron chi connectivity index (χ0n) is 30.4. The van der Waals surface area contributed by atoms with Gasteiger partial charge in [0, 0.05) is 43.3 Å². The molecule has 10 heteroatoms. The van der Waals surface area contributed by atoms with Crippen LogP contribution in [-0.2, 0) is 32.2 Å². The first-order chi connectivity index (χ1) is 26.4. The van der Waals surface area contributed by atoms with Crippen molar-refractivity contribution in [2.24, 2.45) is 0 Å². The summed E-state index contributed by atoms with van der Waals surface area (Å²) in [4.78, 5) is 29.3. The number of nitrogens with zero attached hydrogens (tertiary/aromatic N) is 1. The molecule has 6 rings (SSSR count). The van der Waals surface area contributed by atoms with Crippen molar-refractivity contribution < 1.29 is 24.2 Å². The van der Waals surface area contributed by atoms with Gasteiger partial charge in [0.15, 0.2) is 6.29 Å². The maximum absolute atomic E-state index is 12.7. The lowest BCUT2D eigenvalue weighted by molar-refractivity contribution is -0.245. The van der Waals surface area contributed by atoms with E-state index in [4.69, 9.17) is 15.2 Å². The lowest BCUT2D eigenvalue weighted by atomic mass is 9.99. The van der Waals surface area contributed by atoms with Crippen molar-refractivity contribution in [2.45, 2.75) is 81.6 Å². The van der Waals surface area contributed by atoms with Gasteiger partial charge in [0.1, 0.15) is 0 Å². The molecule has 1 fully saturated rings. The normalized spacial score (nSPS) is 16.8. The van der Waals surface area contributed by atoms with Gasteiger partial charge in [-0.2, -0.15) is 0 Å². The number of anilines is 2. The zero-order valence-corrected chi connectivity index (χ0v) is 31.2. The van der Waals surface area contributed by atoms with E-state index in [9.17, 15) is 14.7 Å². The third kappa shape index (κ3) is 11.5. The summed E-state index contributed by atoms with van der Waals surface area (Å²) in [6, 6.07) is 37.5. The molecule has 3 atom stereocenters. The first-order valence-electron chi connectivity index (χ1n) is 18.6. The molecule has 4 aromatic carbocycles. The Hall–Kier alpha value is -5.00. The number of benzene rings is 4. The highest BCUT2D eigenvalue weighted by Crippen LogP contribution is 2.40. The number of aliphatic hydroxyl groups excluding tert-OH is 1. The van der Waals surface area contributed by atoms with Crippen molar-refractivity contribution in [3.05, 3.63) is 144 Å². The quantitative estimate of drug-likeness (QED) is 0.0422. The molecule has 0 radical (unpaired) electrons. The van der Waals surface area contributed by atoms with Crippen molar-refractivity contribution in [2.75, 3.05) is 16.8 Å². The van der Waals surface area contributed by atoms with Crippen LogP contribution in [0.4, 0.5) is 11.4 Å². The summed E-state index contributed by atoms with van der Waals surface area (Å²) in [7, 11) is 0. The number of ether oxygens (including phenoxy) is 2. The predicted octanol–water partition coefficient (Wildman–Crippen LogP) is 8.76. The van der Waals surface area contributed by atoms with Gasteiger partial charge in [-0.15, -0.1) is 11.8 Å². The highest BCUT2D eigenvalue weighted by atomic mass is 32.2. The van der Waals surface area contributed by atoms with Gasteiger partial charge in [0.2, 0.25) is 11.8 Å². The maximum Gasteiger partial charge on any atom is 0.224 e. The summed E-state index contributed by atoms with van der Waals surface area (Å²) in [6.07, 6.45) is 5.87. The minimum atomic E-state index is -0.566. The molecule has 5 aromatic rings. The molecule has 0 bridgehead atoms. The maximum atomic E-state index is 12.7. The van der Waals surface area contributed by atoms with E-state index < -0.39 is 6.29 Å². The fourth-order valence-electron chi connectivity index (χ4n) is 6.40. The minimum Gasteiger partial charge on any atom is -0.397 e. The van der Waals surface area contributed by atoms with E-state index in [0.29, 0.717) is 37.2 Å². The summed E-state index contributed by atoms with van der Waals surface area (Å²) in [5, 5.41) is 16.4. The van der Waals surface area contributed by atoms with Crippen LogP contribution in [0, 0.1) is 0 Å². The Morgan fingerprint density at radius 1 is 0.759 bits per heavy atom. The highest BCUT2D eigenvalue weighted by Gasteiger charge is 2.32. The van der Waals surface area contributed by atoms with E-state index in [1.165, 1.54) is 0 Å². The molecule has 9 nitrogen and oxygen atoms in total. The smallest absolute Gasteiger partial charge is 0.224 e. The number of unbranched alkanes of at least 4 members (excludes halogenated alkanes) is 3. The summed E-state index contributed by atoms with van der Waals surface area (Å²) >= 11 is 1.67. The standard InChI is InChI=1S/C44H48N4O5S/c45-38-15-5-6-16-39(38)48-42(51)18-4-2-1-3-17-41(50)47-28-32-11-9-12-34(25-32)35-13-10-14-36(26-35)44-52-37(30-54-43-19-7-8-24-46-43)27-40(53-44)33-22-20-31(29-49)21-23-33/h5-16,19-26,37,40,44,49H,1-4,17-18,27-30,45H2,(H,47,50)(H,48,51)/t37-,40+,44+/m1/s1. The van der Waals surface area contributed by atoms with Crippen molar-refractivity contribution in [3.63, 3.8) is 0 Å². The fraction of sp³-hybridized carbons (Fsp3) is 0.295. The first-order valence-corrected chi connectivity index (χ1v) is 19.6. The summed E-state index contributed by atoms with van der Waals surface area (Å²) in [5.41, 5.74) is 13.0. The SMILES string of the molecule is Nc1ccccc1NC(=O)CCCCCCC(=O)NCc1cccc(-c2cccc([C@H]3O[C@@H](CSc4ccccn4)C[C@@H](c4ccc(CO)cc4)O3)c2)c1. The third-order valence-corrected chi connectivity index (χ3v) is 10.4. The number of carbonyl (C=O) groups excluding carboxylic acids is 2. The van der Waals surface area contributed by atoms with Gasteiger partial charge < -0.3 is 30.9 Å². The van der Waals surface area contributed by atoms with E-state index in [1.54, 1.807) is 30.1 Å². The van der Waals surface area contributed by atoms with Gasteiger partial charge in [0.05, 0.1) is 35.2 Å². The number of thioether (sulfide) groups is 1. The Balaban J connectivity index is 1.00. The molecule has 2 heterocycles. The molecule has 1 saturated heterocycles. The molecule has 1 aromatic heterocycles. The molecule has 2 amide bonds. The predicted molar refractivity (Wildman–Crippen MR) is 214 cm³/mol. The first kappa shape index (κ1) is 38.7. The van der Waals surface area contributed by atoms with Gasteiger partial charge in [-0.05, 0) is 77.1 Å². The average Bonchev–Trinajstić information content (AvgIpc) is 3.22. The Morgan fingerprint density at radius 3 is 2.26 bits per heavy atom. The minimum absolute atomic E-state index is 0.00179. The van der Waals surface area contributed by atoms with Crippen molar-refractivity contribution >= 4 is 35.0 Å². The van der Waals surface area contributed by atoms with Gasteiger partial charge in [-0.1, -0.05) is 91.7 Å². The van der Waals surface area contributed by atoms with Crippen LogP contribution in [0.5, 0.6) is 0 Å². The molecule has 1 aliphatic heterocycles. The molecular formula is C44H48N4O5S. The number of pyridine rings is 1. The number of aromatic nitrogens is 1. The van der Waals surface area contributed by atoms with Crippen LogP contribution in [0.2, 0.25) is 0 Å². The van der Waals surface area contributed by atoms with E-state index in [-0.39, 0.29) is 30.6 Å². The van der Waals surface area contributed by atoms with E-state index in [0.717, 1.165) is 69.8 Å². The number of hydrogen-bond acceptors (Lipinski definition) is 8. The number of nitrogens with two attached hydrogens (primary N) is 1. The Kier molecular flexibility index (Phi) is 14.3. The Bertz CT molecular complexity index is 1960. The topological polar surface area (TPSA) is 136 Å². The van der Waals surface area contributed by atoms with Crippen LogP contribution in [0.1, 0.15) is 79.6 Å². The van der Waals surface area contributed by atoms with Crippen LogP contribution in [0.3, 0.4) is 0 Å².